The summed E-state index contributed by atoms with van der Waals surface area (Å²) >= 11 is 1.53. The van der Waals surface area contributed by atoms with Crippen molar-refractivity contribution >= 4 is 34.4 Å². The average molecular weight is 528 g/mol. The van der Waals surface area contributed by atoms with Crippen molar-refractivity contribution < 1.29 is 4.79 Å². The molecular formula is C31H37N5OS. The van der Waals surface area contributed by atoms with Crippen LogP contribution in [0.3, 0.4) is 0 Å². The number of carbonyl (C=O) groups is 1. The van der Waals surface area contributed by atoms with Gasteiger partial charge in [0.15, 0.2) is 0 Å². The molecule has 1 fully saturated rings. The smallest absolute Gasteiger partial charge is 0.254 e. The van der Waals surface area contributed by atoms with Crippen LogP contribution >= 0.6 is 11.8 Å². The minimum atomic E-state index is -0.0137. The van der Waals surface area contributed by atoms with Crippen LogP contribution in [0.15, 0.2) is 82.8 Å². The summed E-state index contributed by atoms with van der Waals surface area (Å²) in [6.07, 6.45) is 6.75. The van der Waals surface area contributed by atoms with Gasteiger partial charge in [-0.25, -0.2) is 15.0 Å². The van der Waals surface area contributed by atoms with Crippen LogP contribution in [0.25, 0.3) is 10.9 Å². The van der Waals surface area contributed by atoms with Crippen LogP contribution in [0.1, 0.15) is 48.8 Å². The second-order valence-corrected chi connectivity index (χ2v) is 11.2. The van der Waals surface area contributed by atoms with Crippen LogP contribution in [-0.4, -0.2) is 41.5 Å². The Morgan fingerprint density at radius 2 is 1.66 bits per heavy atom. The standard InChI is InChI=1S/C20H24N2OS.C11H13N3/c1-15-9-11-16(12-10-15)14-22-19(23)18-8-5-13-21-20(18)24-17-6-3-2-4-7-17;1-8-12-10-7-5-4-6-9(10)11(13-8)14(2)3/h2-8,13,15-16H,9-12,14H2,1H3,(H,22,23);4-7H,1-3H3. The number of benzene rings is 2. The Balaban J connectivity index is 0.000000204. The number of carbonyl (C=O) groups excluding carboxylic acids is 1. The number of hydrogen-bond acceptors (Lipinski definition) is 6. The Bertz CT molecular complexity index is 1340. The minimum absolute atomic E-state index is 0.0137. The molecule has 0 atom stereocenters. The third kappa shape index (κ3) is 7.54. The topological polar surface area (TPSA) is 71.0 Å². The quantitative estimate of drug-likeness (QED) is 0.298. The number of anilines is 1. The molecule has 0 bridgehead atoms. The molecule has 7 heteroatoms. The molecule has 0 spiro atoms. The molecule has 1 N–H and O–H groups in total. The zero-order valence-electron chi connectivity index (χ0n) is 22.7. The van der Waals surface area contributed by atoms with E-state index in [1.807, 2.05) is 92.6 Å². The first-order chi connectivity index (χ1) is 18.4. The molecule has 38 heavy (non-hydrogen) atoms. The van der Waals surface area contributed by atoms with Gasteiger partial charge in [0.05, 0.1) is 11.1 Å². The maximum Gasteiger partial charge on any atom is 0.254 e. The molecule has 0 saturated heterocycles. The zero-order valence-corrected chi connectivity index (χ0v) is 23.5. The molecule has 1 aliphatic rings. The molecule has 1 aliphatic carbocycles. The van der Waals surface area contributed by atoms with Crippen molar-refractivity contribution in [2.24, 2.45) is 11.8 Å². The summed E-state index contributed by atoms with van der Waals surface area (Å²) in [4.78, 5) is 28.9. The molecule has 1 saturated carbocycles. The molecule has 198 valence electrons. The van der Waals surface area contributed by atoms with E-state index >= 15 is 0 Å². The molecule has 2 heterocycles. The Morgan fingerprint density at radius 1 is 0.947 bits per heavy atom. The number of fused-ring (bicyclic) bond motifs is 1. The molecule has 1 amide bonds. The number of para-hydroxylation sites is 1. The molecule has 0 aliphatic heterocycles. The normalized spacial score (nSPS) is 16.8. The summed E-state index contributed by atoms with van der Waals surface area (Å²) in [6, 6.07) is 21.8. The van der Waals surface area contributed by atoms with Crippen molar-refractivity contribution in [3.8, 4) is 0 Å². The van der Waals surface area contributed by atoms with Crippen molar-refractivity contribution in [1.29, 1.82) is 0 Å². The molecule has 0 radical (unpaired) electrons. The first-order valence-corrected chi connectivity index (χ1v) is 14.1. The number of nitrogens with zero attached hydrogens (tertiary/aromatic N) is 4. The molecule has 5 rings (SSSR count). The highest BCUT2D eigenvalue weighted by atomic mass is 32.2. The maximum absolute atomic E-state index is 12.6. The highest BCUT2D eigenvalue weighted by Crippen LogP contribution is 2.29. The minimum Gasteiger partial charge on any atom is -0.362 e. The predicted molar refractivity (Wildman–Crippen MR) is 157 cm³/mol. The van der Waals surface area contributed by atoms with E-state index in [0.717, 1.165) is 44.9 Å². The molecule has 0 unspecified atom stereocenters. The van der Waals surface area contributed by atoms with Crippen LogP contribution in [0, 0.1) is 18.8 Å². The SMILES string of the molecule is CC1CCC(CNC(=O)c2cccnc2Sc2ccccc2)CC1.Cc1nc(N(C)C)c2ccccc2n1. The van der Waals surface area contributed by atoms with Crippen LogP contribution in [0.5, 0.6) is 0 Å². The summed E-state index contributed by atoms with van der Waals surface area (Å²) in [6.45, 7) is 5.01. The maximum atomic E-state index is 12.6. The Morgan fingerprint density at radius 3 is 2.39 bits per heavy atom. The van der Waals surface area contributed by atoms with Gasteiger partial charge in [-0.15, -0.1) is 0 Å². The highest BCUT2D eigenvalue weighted by Gasteiger charge is 2.20. The van der Waals surface area contributed by atoms with E-state index in [1.54, 1.807) is 6.20 Å². The van der Waals surface area contributed by atoms with Crippen molar-refractivity contribution in [1.82, 2.24) is 20.3 Å². The average Bonchev–Trinajstić information content (AvgIpc) is 2.93. The van der Waals surface area contributed by atoms with E-state index in [9.17, 15) is 4.79 Å². The van der Waals surface area contributed by atoms with Crippen LogP contribution in [0.2, 0.25) is 0 Å². The van der Waals surface area contributed by atoms with E-state index in [4.69, 9.17) is 0 Å². The van der Waals surface area contributed by atoms with Crippen molar-refractivity contribution in [3.63, 3.8) is 0 Å². The van der Waals surface area contributed by atoms with E-state index < -0.39 is 0 Å². The van der Waals surface area contributed by atoms with Gasteiger partial charge in [0.25, 0.3) is 5.91 Å². The number of rotatable bonds is 6. The van der Waals surface area contributed by atoms with Gasteiger partial charge in [-0.2, -0.15) is 0 Å². The van der Waals surface area contributed by atoms with E-state index in [2.05, 4.69) is 27.2 Å². The molecule has 2 aromatic carbocycles. The van der Waals surface area contributed by atoms with Gasteiger partial charge >= 0.3 is 0 Å². The summed E-state index contributed by atoms with van der Waals surface area (Å²) in [5.41, 5.74) is 1.67. The van der Waals surface area contributed by atoms with Gasteiger partial charge in [-0.1, -0.05) is 61.9 Å². The Hall–Kier alpha value is -3.45. The molecule has 6 nitrogen and oxygen atoms in total. The molecular weight excluding hydrogens is 490 g/mol. The predicted octanol–water partition coefficient (Wildman–Crippen LogP) is 6.79. The summed E-state index contributed by atoms with van der Waals surface area (Å²) in [5.74, 6) is 3.23. The first-order valence-electron chi connectivity index (χ1n) is 13.3. The number of aryl methyl sites for hydroxylation is 1. The number of amides is 1. The summed E-state index contributed by atoms with van der Waals surface area (Å²) < 4.78 is 0. The van der Waals surface area contributed by atoms with Crippen molar-refractivity contribution in [3.05, 3.63) is 84.3 Å². The number of hydrogen-bond donors (Lipinski definition) is 1. The van der Waals surface area contributed by atoms with E-state index in [1.165, 1.54) is 37.4 Å². The zero-order chi connectivity index (χ0) is 26.9. The van der Waals surface area contributed by atoms with Crippen LogP contribution < -0.4 is 10.2 Å². The van der Waals surface area contributed by atoms with Gasteiger partial charge in [-0.3, -0.25) is 4.79 Å². The van der Waals surface area contributed by atoms with Crippen molar-refractivity contribution in [2.45, 2.75) is 49.5 Å². The number of pyridine rings is 1. The second-order valence-electron chi connectivity index (χ2n) is 10.1. The first kappa shape index (κ1) is 27.6. The fourth-order valence-electron chi connectivity index (χ4n) is 4.62. The number of aromatic nitrogens is 3. The second kappa shape index (κ2) is 13.4. The number of nitrogens with one attached hydrogen (secondary N) is 1. The van der Waals surface area contributed by atoms with E-state index in [0.29, 0.717) is 11.5 Å². The van der Waals surface area contributed by atoms with E-state index in [-0.39, 0.29) is 5.91 Å². The van der Waals surface area contributed by atoms with Crippen molar-refractivity contribution in [2.75, 3.05) is 25.5 Å². The van der Waals surface area contributed by atoms with Gasteiger partial charge < -0.3 is 10.2 Å². The lowest BCUT2D eigenvalue weighted by atomic mass is 9.83. The van der Waals surface area contributed by atoms with Gasteiger partial charge in [0.1, 0.15) is 16.7 Å². The Kier molecular flexibility index (Phi) is 9.71. The fraction of sp³-hybridized carbons (Fsp3) is 0.355. The lowest BCUT2D eigenvalue weighted by molar-refractivity contribution is 0.0938. The van der Waals surface area contributed by atoms with Crippen LogP contribution in [-0.2, 0) is 0 Å². The summed E-state index contributed by atoms with van der Waals surface area (Å²) in [7, 11) is 3.99. The molecule has 2 aromatic heterocycles. The largest absolute Gasteiger partial charge is 0.362 e. The van der Waals surface area contributed by atoms with Gasteiger partial charge in [0, 0.05) is 37.1 Å². The fourth-order valence-corrected chi connectivity index (χ4v) is 5.53. The van der Waals surface area contributed by atoms with Gasteiger partial charge in [-0.05, 0) is 68.0 Å². The van der Waals surface area contributed by atoms with Gasteiger partial charge in [0.2, 0.25) is 0 Å². The highest BCUT2D eigenvalue weighted by molar-refractivity contribution is 7.99. The lowest BCUT2D eigenvalue weighted by Crippen LogP contribution is -2.31. The third-order valence-corrected chi connectivity index (χ3v) is 7.81. The Labute approximate surface area is 230 Å². The van der Waals surface area contributed by atoms with Crippen LogP contribution in [0.4, 0.5) is 5.82 Å². The summed E-state index contributed by atoms with van der Waals surface area (Å²) in [5, 5.41) is 4.98. The third-order valence-electron chi connectivity index (χ3n) is 6.78. The molecule has 4 aromatic rings. The lowest BCUT2D eigenvalue weighted by Gasteiger charge is -2.26. The monoisotopic (exact) mass is 527 g/mol.